The molecule has 0 radical (unpaired) electrons. The molecule has 1 aromatic carbocycles. The minimum absolute atomic E-state index is 0.0592. The Kier molecular flexibility index (Phi) is 5.62. The first-order valence-electron chi connectivity index (χ1n) is 10.4. The van der Waals surface area contributed by atoms with Crippen LogP contribution < -0.4 is 4.90 Å². The van der Waals surface area contributed by atoms with Crippen LogP contribution in [0.25, 0.3) is 0 Å². The van der Waals surface area contributed by atoms with Gasteiger partial charge >= 0.3 is 0 Å². The fraction of sp³-hybridized carbons (Fsp3) is 0.478. The van der Waals surface area contributed by atoms with E-state index in [0.717, 1.165) is 57.8 Å². The first-order chi connectivity index (χ1) is 13.6. The zero-order chi connectivity index (χ0) is 19.5. The molecule has 0 aliphatic carbocycles. The molecule has 0 unspecified atom stereocenters. The Labute approximate surface area is 168 Å². The SMILES string of the molecule is Cc1ccccc1[C@@H]1CCCCN1C(=O)c1cccc(N2CCN(C)CC2)n1. The van der Waals surface area contributed by atoms with Gasteiger partial charge in [0.15, 0.2) is 0 Å². The highest BCUT2D eigenvalue weighted by atomic mass is 16.2. The van der Waals surface area contributed by atoms with Crippen LogP contribution in [0, 0.1) is 6.92 Å². The van der Waals surface area contributed by atoms with Crippen LogP contribution in [0.2, 0.25) is 0 Å². The Bertz CT molecular complexity index is 829. The first kappa shape index (κ1) is 18.9. The summed E-state index contributed by atoms with van der Waals surface area (Å²) in [6.45, 7) is 6.91. The number of amides is 1. The molecular weight excluding hydrogens is 348 g/mol. The van der Waals surface area contributed by atoms with Crippen LogP contribution in [-0.4, -0.2) is 60.5 Å². The van der Waals surface area contributed by atoms with E-state index in [0.29, 0.717) is 5.69 Å². The van der Waals surface area contributed by atoms with Crippen LogP contribution in [0.4, 0.5) is 5.82 Å². The second-order valence-electron chi connectivity index (χ2n) is 8.04. The molecule has 148 valence electrons. The monoisotopic (exact) mass is 378 g/mol. The molecule has 1 atom stereocenters. The van der Waals surface area contributed by atoms with Gasteiger partial charge in [-0.05, 0) is 56.5 Å². The van der Waals surface area contributed by atoms with Crippen molar-refractivity contribution in [3.8, 4) is 0 Å². The van der Waals surface area contributed by atoms with E-state index in [2.05, 4.69) is 48.0 Å². The summed E-state index contributed by atoms with van der Waals surface area (Å²) in [6.07, 6.45) is 3.25. The predicted octanol–water partition coefficient (Wildman–Crippen LogP) is 3.51. The number of likely N-dealkylation sites (tertiary alicyclic amines) is 1. The third kappa shape index (κ3) is 3.90. The number of carbonyl (C=O) groups is 1. The molecule has 0 N–H and O–H groups in total. The normalized spacial score (nSPS) is 21.0. The molecule has 5 nitrogen and oxygen atoms in total. The molecule has 4 rings (SSSR count). The predicted molar refractivity (Wildman–Crippen MR) is 113 cm³/mol. The quantitative estimate of drug-likeness (QED) is 0.819. The summed E-state index contributed by atoms with van der Waals surface area (Å²) in [6, 6.07) is 14.5. The molecule has 1 amide bonds. The average molecular weight is 379 g/mol. The van der Waals surface area contributed by atoms with Crippen molar-refractivity contribution >= 4 is 11.7 Å². The fourth-order valence-corrected chi connectivity index (χ4v) is 4.36. The van der Waals surface area contributed by atoms with Gasteiger partial charge in [0.1, 0.15) is 11.5 Å². The van der Waals surface area contributed by atoms with Crippen molar-refractivity contribution < 1.29 is 4.79 Å². The molecule has 2 aromatic rings. The topological polar surface area (TPSA) is 39.7 Å². The van der Waals surface area contributed by atoms with Gasteiger partial charge in [-0.15, -0.1) is 0 Å². The number of rotatable bonds is 3. The molecular formula is C23H30N4O. The standard InChI is InChI=1S/C23H30N4O/c1-18-8-3-4-9-19(18)21-11-5-6-13-27(21)23(28)20-10-7-12-22(24-20)26-16-14-25(2)15-17-26/h3-4,7-10,12,21H,5-6,11,13-17H2,1-2H3/t21-/m0/s1. The summed E-state index contributed by atoms with van der Waals surface area (Å²) in [5, 5.41) is 0. The highest BCUT2D eigenvalue weighted by Gasteiger charge is 2.30. The number of anilines is 1. The lowest BCUT2D eigenvalue weighted by molar-refractivity contribution is 0.0605. The van der Waals surface area contributed by atoms with E-state index >= 15 is 0 Å². The summed E-state index contributed by atoms with van der Waals surface area (Å²) >= 11 is 0. The van der Waals surface area contributed by atoms with E-state index in [4.69, 9.17) is 4.98 Å². The first-order valence-corrected chi connectivity index (χ1v) is 10.4. The van der Waals surface area contributed by atoms with Gasteiger partial charge in [0.2, 0.25) is 0 Å². The molecule has 2 saturated heterocycles. The number of benzene rings is 1. The van der Waals surface area contributed by atoms with Crippen molar-refractivity contribution in [3.63, 3.8) is 0 Å². The van der Waals surface area contributed by atoms with Crippen LogP contribution in [0.3, 0.4) is 0 Å². The minimum atomic E-state index is 0.0592. The van der Waals surface area contributed by atoms with Gasteiger partial charge in [0, 0.05) is 32.7 Å². The number of piperazine rings is 1. The molecule has 2 aliphatic rings. The minimum Gasteiger partial charge on any atom is -0.354 e. The molecule has 0 saturated carbocycles. The van der Waals surface area contributed by atoms with Crippen LogP contribution >= 0.6 is 0 Å². The van der Waals surface area contributed by atoms with Gasteiger partial charge in [-0.2, -0.15) is 0 Å². The van der Waals surface area contributed by atoms with Crippen LogP contribution in [0.1, 0.15) is 46.9 Å². The van der Waals surface area contributed by atoms with Crippen LogP contribution in [0.15, 0.2) is 42.5 Å². The number of piperidine rings is 1. The summed E-state index contributed by atoms with van der Waals surface area (Å²) in [5.74, 6) is 0.979. The molecule has 5 heteroatoms. The van der Waals surface area contributed by atoms with Gasteiger partial charge in [0.25, 0.3) is 5.91 Å². The number of hydrogen-bond donors (Lipinski definition) is 0. The van der Waals surface area contributed by atoms with Crippen molar-refractivity contribution in [2.24, 2.45) is 0 Å². The molecule has 2 fully saturated rings. The Morgan fingerprint density at radius 1 is 0.964 bits per heavy atom. The lowest BCUT2D eigenvalue weighted by atomic mass is 9.92. The smallest absolute Gasteiger partial charge is 0.273 e. The van der Waals surface area contributed by atoms with E-state index in [-0.39, 0.29) is 11.9 Å². The Balaban J connectivity index is 1.57. The number of nitrogens with zero attached hydrogens (tertiary/aromatic N) is 4. The van der Waals surface area contributed by atoms with Gasteiger partial charge < -0.3 is 14.7 Å². The third-order valence-corrected chi connectivity index (χ3v) is 6.09. The molecule has 2 aliphatic heterocycles. The van der Waals surface area contributed by atoms with Gasteiger partial charge in [0.05, 0.1) is 6.04 Å². The van der Waals surface area contributed by atoms with Gasteiger partial charge in [-0.1, -0.05) is 30.3 Å². The van der Waals surface area contributed by atoms with Crippen molar-refractivity contribution in [2.45, 2.75) is 32.2 Å². The van der Waals surface area contributed by atoms with Crippen molar-refractivity contribution in [1.82, 2.24) is 14.8 Å². The second kappa shape index (κ2) is 8.31. The molecule has 3 heterocycles. The second-order valence-corrected chi connectivity index (χ2v) is 8.04. The van der Waals surface area contributed by atoms with Gasteiger partial charge in [-0.3, -0.25) is 4.79 Å². The maximum Gasteiger partial charge on any atom is 0.273 e. The van der Waals surface area contributed by atoms with E-state index < -0.39 is 0 Å². The number of hydrogen-bond acceptors (Lipinski definition) is 4. The number of pyridine rings is 1. The number of aryl methyl sites for hydroxylation is 1. The Hall–Kier alpha value is -2.40. The lowest BCUT2D eigenvalue weighted by Gasteiger charge is -2.37. The Morgan fingerprint density at radius 2 is 1.75 bits per heavy atom. The highest BCUT2D eigenvalue weighted by molar-refractivity contribution is 5.93. The van der Waals surface area contributed by atoms with Crippen molar-refractivity contribution in [3.05, 3.63) is 59.3 Å². The fourth-order valence-electron chi connectivity index (χ4n) is 4.36. The van der Waals surface area contributed by atoms with Gasteiger partial charge in [-0.25, -0.2) is 4.98 Å². The van der Waals surface area contributed by atoms with Crippen molar-refractivity contribution in [1.29, 1.82) is 0 Å². The summed E-state index contributed by atoms with van der Waals surface area (Å²) in [7, 11) is 2.15. The third-order valence-electron chi connectivity index (χ3n) is 6.09. The van der Waals surface area contributed by atoms with E-state index in [9.17, 15) is 4.79 Å². The molecule has 0 bridgehead atoms. The highest BCUT2D eigenvalue weighted by Crippen LogP contribution is 2.33. The molecule has 0 spiro atoms. The molecule has 1 aromatic heterocycles. The largest absolute Gasteiger partial charge is 0.354 e. The maximum absolute atomic E-state index is 13.4. The van der Waals surface area contributed by atoms with E-state index in [1.807, 2.05) is 23.1 Å². The Morgan fingerprint density at radius 3 is 2.54 bits per heavy atom. The zero-order valence-electron chi connectivity index (χ0n) is 17.0. The summed E-state index contributed by atoms with van der Waals surface area (Å²) in [5.41, 5.74) is 3.09. The number of aromatic nitrogens is 1. The average Bonchev–Trinajstić information content (AvgIpc) is 2.74. The summed E-state index contributed by atoms with van der Waals surface area (Å²) in [4.78, 5) is 24.8. The van der Waals surface area contributed by atoms with E-state index in [1.165, 1.54) is 11.1 Å². The number of carbonyl (C=O) groups excluding carboxylic acids is 1. The molecule has 28 heavy (non-hydrogen) atoms. The van der Waals surface area contributed by atoms with Crippen LogP contribution in [0.5, 0.6) is 0 Å². The maximum atomic E-state index is 13.4. The number of likely N-dealkylation sites (N-methyl/N-ethyl adjacent to an activating group) is 1. The van der Waals surface area contributed by atoms with E-state index in [1.54, 1.807) is 0 Å². The summed E-state index contributed by atoms with van der Waals surface area (Å²) < 4.78 is 0. The lowest BCUT2D eigenvalue weighted by Crippen LogP contribution is -2.45. The van der Waals surface area contributed by atoms with Crippen molar-refractivity contribution in [2.75, 3.05) is 44.7 Å². The zero-order valence-corrected chi connectivity index (χ0v) is 17.0. The van der Waals surface area contributed by atoms with Crippen LogP contribution in [-0.2, 0) is 0 Å².